The van der Waals surface area contributed by atoms with E-state index in [-0.39, 0.29) is 22.7 Å². The molecule has 144 valence electrons. The average Bonchev–Trinajstić information content (AvgIpc) is 3.22. The Bertz CT molecular complexity index is 976. The number of urea groups is 1. The van der Waals surface area contributed by atoms with E-state index >= 15 is 0 Å². The van der Waals surface area contributed by atoms with E-state index in [1.165, 1.54) is 12.1 Å². The maximum atomic E-state index is 14.1. The van der Waals surface area contributed by atoms with E-state index in [0.717, 1.165) is 29.9 Å². The Morgan fingerprint density at radius 2 is 2.04 bits per heavy atom. The summed E-state index contributed by atoms with van der Waals surface area (Å²) < 4.78 is 14.1. The van der Waals surface area contributed by atoms with Gasteiger partial charge >= 0.3 is 6.03 Å². The number of nitrogens with one attached hydrogen (secondary N) is 2. The number of aromatic nitrogens is 2. The van der Waals surface area contributed by atoms with E-state index in [9.17, 15) is 9.18 Å². The number of benzene rings is 2. The standard InChI is InChI=1S/C21H20ClFN4O/c22-16-9-4-10-17(19(16)23)26-21(28)27-11-5-8-15(13-27)20-24-12-18(25-20)14-6-2-1-3-7-14/h1-4,6-7,9-10,12,15H,5,8,11,13H2,(H,24,25)(H,26,28)/t15-/m1/s1. The minimum absolute atomic E-state index is 0.0154. The Kier molecular flexibility index (Phi) is 5.30. The maximum absolute atomic E-state index is 14.1. The molecule has 0 aliphatic carbocycles. The highest BCUT2D eigenvalue weighted by atomic mass is 35.5. The van der Waals surface area contributed by atoms with Gasteiger partial charge in [-0.2, -0.15) is 0 Å². The molecule has 2 N–H and O–H groups in total. The van der Waals surface area contributed by atoms with Crippen LogP contribution >= 0.6 is 11.6 Å². The first-order chi connectivity index (χ1) is 13.6. The molecule has 28 heavy (non-hydrogen) atoms. The van der Waals surface area contributed by atoms with E-state index in [2.05, 4.69) is 15.3 Å². The summed E-state index contributed by atoms with van der Waals surface area (Å²) in [7, 11) is 0. The highest BCUT2D eigenvalue weighted by Crippen LogP contribution is 2.28. The largest absolute Gasteiger partial charge is 0.342 e. The van der Waals surface area contributed by atoms with E-state index < -0.39 is 5.82 Å². The second-order valence-electron chi connectivity index (χ2n) is 6.86. The van der Waals surface area contributed by atoms with Gasteiger partial charge in [0.25, 0.3) is 0 Å². The summed E-state index contributed by atoms with van der Waals surface area (Å²) in [5.41, 5.74) is 2.12. The molecule has 4 rings (SSSR count). The van der Waals surface area contributed by atoms with Gasteiger partial charge in [-0.25, -0.2) is 14.2 Å². The predicted octanol–water partition coefficient (Wildman–Crippen LogP) is 5.28. The van der Waals surface area contributed by atoms with Crippen molar-refractivity contribution in [2.75, 3.05) is 18.4 Å². The van der Waals surface area contributed by atoms with Crippen molar-refractivity contribution in [2.24, 2.45) is 0 Å². The van der Waals surface area contributed by atoms with Gasteiger partial charge in [0.15, 0.2) is 5.82 Å². The zero-order chi connectivity index (χ0) is 19.5. The lowest BCUT2D eigenvalue weighted by atomic mass is 9.97. The summed E-state index contributed by atoms with van der Waals surface area (Å²) in [6, 6.07) is 14.2. The third-order valence-corrected chi connectivity index (χ3v) is 5.26. The Labute approximate surface area is 167 Å². The van der Waals surface area contributed by atoms with Crippen LogP contribution in [0.2, 0.25) is 5.02 Å². The van der Waals surface area contributed by atoms with Crippen LogP contribution in [0.3, 0.4) is 0 Å². The molecule has 1 aliphatic rings. The van der Waals surface area contributed by atoms with E-state index in [0.29, 0.717) is 13.1 Å². The topological polar surface area (TPSA) is 61.0 Å². The van der Waals surface area contributed by atoms with Crippen molar-refractivity contribution < 1.29 is 9.18 Å². The number of piperidine rings is 1. The molecule has 5 nitrogen and oxygen atoms in total. The first-order valence-electron chi connectivity index (χ1n) is 9.22. The van der Waals surface area contributed by atoms with Crippen LogP contribution in [0.15, 0.2) is 54.7 Å². The van der Waals surface area contributed by atoms with Gasteiger partial charge in [-0.05, 0) is 30.5 Å². The first-order valence-corrected chi connectivity index (χ1v) is 9.60. The number of hydrogen-bond donors (Lipinski definition) is 2. The third-order valence-electron chi connectivity index (χ3n) is 4.97. The monoisotopic (exact) mass is 398 g/mol. The minimum Gasteiger partial charge on any atom is -0.342 e. The van der Waals surface area contributed by atoms with Gasteiger partial charge in [0.05, 0.1) is 22.6 Å². The number of carbonyl (C=O) groups is 1. The van der Waals surface area contributed by atoms with Gasteiger partial charge in [-0.15, -0.1) is 0 Å². The highest BCUT2D eigenvalue weighted by molar-refractivity contribution is 6.31. The number of carbonyl (C=O) groups excluding carboxylic acids is 1. The lowest BCUT2D eigenvalue weighted by Gasteiger charge is -2.32. The van der Waals surface area contributed by atoms with Crippen molar-refractivity contribution in [3.8, 4) is 11.3 Å². The van der Waals surface area contributed by atoms with Crippen molar-refractivity contribution in [3.63, 3.8) is 0 Å². The molecule has 3 aromatic rings. The first kappa shape index (κ1) is 18.5. The fraction of sp³-hybridized carbons (Fsp3) is 0.238. The molecule has 1 aliphatic heterocycles. The number of aromatic amines is 1. The van der Waals surface area contributed by atoms with Crippen LogP contribution in [0.25, 0.3) is 11.3 Å². The van der Waals surface area contributed by atoms with Crippen molar-refractivity contribution in [1.82, 2.24) is 14.9 Å². The third kappa shape index (κ3) is 3.87. The molecule has 0 unspecified atom stereocenters. The van der Waals surface area contributed by atoms with Gasteiger partial charge in [-0.3, -0.25) is 0 Å². The number of amides is 2. The SMILES string of the molecule is O=C(Nc1cccc(Cl)c1F)N1CCC[C@@H](c2ncc(-c3ccccc3)[nH]2)C1. The number of imidazole rings is 1. The molecule has 0 saturated carbocycles. The summed E-state index contributed by atoms with van der Waals surface area (Å²) in [6.45, 7) is 1.15. The number of anilines is 1. The molecule has 1 atom stereocenters. The summed E-state index contributed by atoms with van der Waals surface area (Å²) in [4.78, 5) is 22.2. The molecular weight excluding hydrogens is 379 g/mol. The van der Waals surface area contributed by atoms with Crippen LogP contribution in [-0.2, 0) is 0 Å². The van der Waals surface area contributed by atoms with Crippen molar-refractivity contribution in [3.05, 3.63) is 71.4 Å². The zero-order valence-corrected chi connectivity index (χ0v) is 15.9. The lowest BCUT2D eigenvalue weighted by Crippen LogP contribution is -2.42. The van der Waals surface area contributed by atoms with E-state index in [1.54, 1.807) is 11.0 Å². The summed E-state index contributed by atoms with van der Waals surface area (Å²) in [5, 5.41) is 2.61. The second-order valence-corrected chi connectivity index (χ2v) is 7.27. The Hall–Kier alpha value is -2.86. The number of rotatable bonds is 3. The second kappa shape index (κ2) is 8.02. The van der Waals surface area contributed by atoms with Gasteiger partial charge < -0.3 is 15.2 Å². The van der Waals surface area contributed by atoms with Crippen molar-refractivity contribution >= 4 is 23.3 Å². The zero-order valence-electron chi connectivity index (χ0n) is 15.2. The van der Waals surface area contributed by atoms with Crippen LogP contribution in [0.1, 0.15) is 24.6 Å². The van der Waals surface area contributed by atoms with Crippen LogP contribution in [0.5, 0.6) is 0 Å². The molecule has 0 spiro atoms. The molecule has 7 heteroatoms. The quantitative estimate of drug-likeness (QED) is 0.630. The van der Waals surface area contributed by atoms with Crippen LogP contribution in [0.4, 0.5) is 14.9 Å². The van der Waals surface area contributed by atoms with Crippen LogP contribution in [-0.4, -0.2) is 34.0 Å². The fourth-order valence-electron chi connectivity index (χ4n) is 3.49. The van der Waals surface area contributed by atoms with Crippen molar-refractivity contribution in [2.45, 2.75) is 18.8 Å². The molecular formula is C21H20ClFN4O. The minimum atomic E-state index is -0.621. The highest BCUT2D eigenvalue weighted by Gasteiger charge is 2.27. The van der Waals surface area contributed by atoms with E-state index in [1.807, 2.05) is 36.5 Å². The Morgan fingerprint density at radius 1 is 1.21 bits per heavy atom. The molecule has 0 radical (unpaired) electrons. The predicted molar refractivity (Wildman–Crippen MR) is 108 cm³/mol. The van der Waals surface area contributed by atoms with Gasteiger partial charge in [0.1, 0.15) is 5.82 Å². The Balaban J connectivity index is 1.45. The van der Waals surface area contributed by atoms with Gasteiger partial charge in [0, 0.05) is 19.0 Å². The molecule has 1 aromatic heterocycles. The lowest BCUT2D eigenvalue weighted by molar-refractivity contribution is 0.191. The van der Waals surface area contributed by atoms with Crippen LogP contribution in [0, 0.1) is 5.82 Å². The maximum Gasteiger partial charge on any atom is 0.321 e. The van der Waals surface area contributed by atoms with Gasteiger partial charge in [0.2, 0.25) is 0 Å². The number of H-pyrrole nitrogens is 1. The molecule has 1 saturated heterocycles. The number of nitrogens with zero attached hydrogens (tertiary/aromatic N) is 2. The average molecular weight is 399 g/mol. The summed E-state index contributed by atoms with van der Waals surface area (Å²) in [6.07, 6.45) is 3.62. The van der Waals surface area contributed by atoms with Crippen molar-refractivity contribution in [1.29, 1.82) is 0 Å². The smallest absolute Gasteiger partial charge is 0.321 e. The number of halogens is 2. The summed E-state index contributed by atoms with van der Waals surface area (Å²) >= 11 is 5.79. The molecule has 2 aromatic carbocycles. The van der Waals surface area contributed by atoms with Crippen LogP contribution < -0.4 is 5.32 Å². The fourth-order valence-corrected chi connectivity index (χ4v) is 3.66. The normalized spacial score (nSPS) is 16.8. The molecule has 1 fully saturated rings. The molecule has 2 amide bonds. The molecule has 0 bridgehead atoms. The van der Waals surface area contributed by atoms with Gasteiger partial charge in [-0.1, -0.05) is 48.0 Å². The molecule has 2 heterocycles. The number of hydrogen-bond acceptors (Lipinski definition) is 2. The summed E-state index contributed by atoms with van der Waals surface area (Å²) in [5.74, 6) is 0.357. The van der Waals surface area contributed by atoms with E-state index in [4.69, 9.17) is 11.6 Å². The Morgan fingerprint density at radius 3 is 2.86 bits per heavy atom. The number of likely N-dealkylation sites (tertiary alicyclic amines) is 1.